The van der Waals surface area contributed by atoms with Gasteiger partial charge in [-0.2, -0.15) is 0 Å². The molecule has 0 amide bonds. The molecule has 1 heteroatoms. The number of nitrogens with zero attached hydrogens (tertiary/aromatic N) is 1. The van der Waals surface area contributed by atoms with Gasteiger partial charge in [-0.3, -0.25) is 4.90 Å². The lowest BCUT2D eigenvalue weighted by atomic mass is 10.0. The lowest BCUT2D eigenvalue weighted by Gasteiger charge is -2.25. The van der Waals surface area contributed by atoms with Crippen LogP contribution in [0.25, 0.3) is 0 Å². The van der Waals surface area contributed by atoms with E-state index in [-0.39, 0.29) is 0 Å². The second-order valence-corrected chi connectivity index (χ2v) is 3.45. The van der Waals surface area contributed by atoms with Gasteiger partial charge in [-0.05, 0) is 19.0 Å². The van der Waals surface area contributed by atoms with Crippen molar-refractivity contribution in [3.8, 4) is 12.3 Å². The molecular weight excluding hydrogens is 170 g/mol. The summed E-state index contributed by atoms with van der Waals surface area (Å²) in [5.74, 6) is 2.68. The molecule has 0 spiro atoms. The first kappa shape index (κ1) is 10.8. The summed E-state index contributed by atoms with van der Waals surface area (Å²) in [6, 6.07) is 10.9. The monoisotopic (exact) mass is 187 g/mol. The molecule has 0 N–H and O–H groups in total. The van der Waals surface area contributed by atoms with Crippen LogP contribution in [0.2, 0.25) is 0 Å². The quantitative estimate of drug-likeness (QED) is 0.655. The molecule has 1 atom stereocenters. The van der Waals surface area contributed by atoms with Gasteiger partial charge in [0.15, 0.2) is 0 Å². The molecule has 1 aromatic carbocycles. The Morgan fingerprint density at radius 1 is 1.36 bits per heavy atom. The fourth-order valence-corrected chi connectivity index (χ4v) is 1.73. The largest absolute Gasteiger partial charge is 0.288 e. The highest BCUT2D eigenvalue weighted by atomic mass is 15.1. The van der Waals surface area contributed by atoms with Gasteiger partial charge in [0.25, 0.3) is 0 Å². The van der Waals surface area contributed by atoms with Gasteiger partial charge in [-0.25, -0.2) is 0 Å². The molecule has 0 saturated carbocycles. The van der Waals surface area contributed by atoms with Gasteiger partial charge in [0.1, 0.15) is 0 Å². The van der Waals surface area contributed by atoms with Gasteiger partial charge in [-0.15, -0.1) is 6.42 Å². The lowest BCUT2D eigenvalue weighted by Crippen LogP contribution is -2.24. The van der Waals surface area contributed by atoms with Crippen molar-refractivity contribution in [3.63, 3.8) is 0 Å². The third-order valence-electron chi connectivity index (χ3n) is 2.44. The molecule has 0 aliphatic rings. The Labute approximate surface area is 86.7 Å². The second-order valence-electron chi connectivity index (χ2n) is 3.45. The number of benzene rings is 1. The lowest BCUT2D eigenvalue weighted by molar-refractivity contribution is 0.268. The first-order chi connectivity index (χ1) is 6.79. The van der Waals surface area contributed by atoms with E-state index in [1.165, 1.54) is 5.56 Å². The highest BCUT2D eigenvalue weighted by molar-refractivity contribution is 5.19. The van der Waals surface area contributed by atoms with Crippen LogP contribution in [0, 0.1) is 12.3 Å². The van der Waals surface area contributed by atoms with Crippen LogP contribution in [-0.4, -0.2) is 18.5 Å². The van der Waals surface area contributed by atoms with E-state index in [2.05, 4.69) is 49.1 Å². The minimum atomic E-state index is 0.437. The summed E-state index contributed by atoms with van der Waals surface area (Å²) < 4.78 is 0. The summed E-state index contributed by atoms with van der Waals surface area (Å²) in [5, 5.41) is 0. The molecule has 1 rings (SSSR count). The molecule has 0 fully saturated rings. The Balaban J connectivity index is 2.78. The van der Waals surface area contributed by atoms with E-state index in [1.807, 2.05) is 6.07 Å². The Bertz CT molecular complexity index is 297. The molecule has 0 saturated heterocycles. The summed E-state index contributed by atoms with van der Waals surface area (Å²) in [5.41, 5.74) is 1.34. The Kier molecular flexibility index (Phi) is 4.22. The zero-order valence-corrected chi connectivity index (χ0v) is 8.90. The third-order valence-corrected chi connectivity index (χ3v) is 2.44. The predicted molar refractivity (Wildman–Crippen MR) is 60.9 cm³/mol. The first-order valence-electron chi connectivity index (χ1n) is 4.98. The van der Waals surface area contributed by atoms with Crippen LogP contribution in [0.15, 0.2) is 30.3 Å². The van der Waals surface area contributed by atoms with Crippen molar-refractivity contribution in [1.29, 1.82) is 0 Å². The van der Waals surface area contributed by atoms with Gasteiger partial charge in [0.05, 0.1) is 6.54 Å². The van der Waals surface area contributed by atoms with E-state index in [9.17, 15) is 0 Å². The van der Waals surface area contributed by atoms with Crippen molar-refractivity contribution in [3.05, 3.63) is 35.9 Å². The smallest absolute Gasteiger partial charge is 0.0601 e. The summed E-state index contributed by atoms with van der Waals surface area (Å²) in [6.07, 6.45) is 6.39. The summed E-state index contributed by atoms with van der Waals surface area (Å²) in [6.45, 7) is 2.89. The van der Waals surface area contributed by atoms with E-state index in [1.54, 1.807) is 0 Å². The highest BCUT2D eigenvalue weighted by Gasteiger charge is 2.12. The van der Waals surface area contributed by atoms with Crippen LogP contribution < -0.4 is 0 Å². The van der Waals surface area contributed by atoms with Crippen LogP contribution >= 0.6 is 0 Å². The topological polar surface area (TPSA) is 3.24 Å². The number of hydrogen-bond donors (Lipinski definition) is 0. The van der Waals surface area contributed by atoms with E-state index in [0.717, 1.165) is 6.42 Å². The van der Waals surface area contributed by atoms with Crippen LogP contribution in [0.3, 0.4) is 0 Å². The van der Waals surface area contributed by atoms with Crippen molar-refractivity contribution in [2.75, 3.05) is 13.6 Å². The Morgan fingerprint density at radius 3 is 2.50 bits per heavy atom. The molecule has 1 nitrogen and oxygen atoms in total. The molecular formula is C13H17N. The molecule has 1 aromatic rings. The van der Waals surface area contributed by atoms with Crippen LogP contribution in [0.4, 0.5) is 0 Å². The van der Waals surface area contributed by atoms with Crippen molar-refractivity contribution < 1.29 is 0 Å². The van der Waals surface area contributed by atoms with Crippen LogP contribution in [-0.2, 0) is 0 Å². The third kappa shape index (κ3) is 2.61. The second kappa shape index (κ2) is 5.47. The van der Waals surface area contributed by atoms with Gasteiger partial charge in [0.2, 0.25) is 0 Å². The van der Waals surface area contributed by atoms with E-state index in [0.29, 0.717) is 12.6 Å². The molecule has 0 bridgehead atoms. The molecule has 14 heavy (non-hydrogen) atoms. The maximum absolute atomic E-state index is 5.31. The average molecular weight is 187 g/mol. The average Bonchev–Trinajstić information content (AvgIpc) is 2.21. The molecule has 74 valence electrons. The van der Waals surface area contributed by atoms with E-state index >= 15 is 0 Å². The molecule has 0 radical (unpaired) electrons. The van der Waals surface area contributed by atoms with Crippen LogP contribution in [0.1, 0.15) is 24.9 Å². The maximum Gasteiger partial charge on any atom is 0.0601 e. The Morgan fingerprint density at radius 2 is 2.00 bits per heavy atom. The standard InChI is InChI=1S/C13H17N/c1-4-11-14(3)13(5-2)12-9-7-6-8-10-12/h1,6-10,13H,5,11H2,2-3H3. The fraction of sp³-hybridized carbons (Fsp3) is 0.385. The SMILES string of the molecule is C#CCN(C)C(CC)c1ccccc1. The number of terminal acetylenes is 1. The first-order valence-corrected chi connectivity index (χ1v) is 4.98. The number of rotatable bonds is 4. The predicted octanol–water partition coefficient (Wildman–Crippen LogP) is 2.70. The maximum atomic E-state index is 5.31. The molecule has 1 unspecified atom stereocenters. The molecule has 0 aliphatic carbocycles. The fourth-order valence-electron chi connectivity index (χ4n) is 1.73. The molecule has 0 aliphatic heterocycles. The van der Waals surface area contributed by atoms with Gasteiger partial charge < -0.3 is 0 Å². The van der Waals surface area contributed by atoms with Crippen molar-refractivity contribution >= 4 is 0 Å². The van der Waals surface area contributed by atoms with Crippen molar-refractivity contribution in [2.45, 2.75) is 19.4 Å². The summed E-state index contributed by atoms with van der Waals surface area (Å²) in [7, 11) is 2.07. The van der Waals surface area contributed by atoms with E-state index in [4.69, 9.17) is 6.42 Å². The van der Waals surface area contributed by atoms with Crippen molar-refractivity contribution in [1.82, 2.24) is 4.90 Å². The minimum Gasteiger partial charge on any atom is -0.288 e. The highest BCUT2D eigenvalue weighted by Crippen LogP contribution is 2.21. The Hall–Kier alpha value is -1.26. The number of hydrogen-bond acceptors (Lipinski definition) is 1. The van der Waals surface area contributed by atoms with Crippen molar-refractivity contribution in [2.24, 2.45) is 0 Å². The van der Waals surface area contributed by atoms with Crippen LogP contribution in [0.5, 0.6) is 0 Å². The van der Waals surface area contributed by atoms with E-state index < -0.39 is 0 Å². The van der Waals surface area contributed by atoms with Gasteiger partial charge in [0, 0.05) is 6.04 Å². The molecule has 0 heterocycles. The zero-order valence-electron chi connectivity index (χ0n) is 8.90. The normalized spacial score (nSPS) is 12.4. The molecule has 0 aromatic heterocycles. The summed E-state index contributed by atoms with van der Waals surface area (Å²) >= 11 is 0. The summed E-state index contributed by atoms with van der Waals surface area (Å²) in [4.78, 5) is 2.20. The minimum absolute atomic E-state index is 0.437. The van der Waals surface area contributed by atoms with Gasteiger partial charge >= 0.3 is 0 Å². The van der Waals surface area contributed by atoms with Gasteiger partial charge in [-0.1, -0.05) is 43.2 Å². The zero-order chi connectivity index (χ0) is 10.4.